The Balaban J connectivity index is 2.20. The van der Waals surface area contributed by atoms with E-state index in [4.69, 9.17) is 4.74 Å². The third kappa shape index (κ3) is 3.87. The number of aliphatic hydroxyl groups is 1. The molecule has 0 aliphatic heterocycles. The first-order valence-corrected chi connectivity index (χ1v) is 6.31. The van der Waals surface area contributed by atoms with Gasteiger partial charge >= 0.3 is 0 Å². The first-order valence-electron chi connectivity index (χ1n) is 6.31. The van der Waals surface area contributed by atoms with Crippen molar-refractivity contribution in [3.8, 4) is 11.6 Å². The second-order valence-electron chi connectivity index (χ2n) is 4.17. The SMILES string of the molecule is CNC/C(=C(/O)C=O)c1cnc(Oc2ccccc2)cn1. The summed E-state index contributed by atoms with van der Waals surface area (Å²) in [5, 5.41) is 12.4. The predicted octanol–water partition coefficient (Wildman–Crippen LogP) is 1.96. The number of aromatic nitrogens is 2. The van der Waals surface area contributed by atoms with Crippen molar-refractivity contribution >= 4 is 11.9 Å². The van der Waals surface area contributed by atoms with Crippen molar-refractivity contribution in [3.63, 3.8) is 0 Å². The fourth-order valence-corrected chi connectivity index (χ4v) is 1.69. The van der Waals surface area contributed by atoms with Crippen LogP contribution < -0.4 is 10.1 Å². The summed E-state index contributed by atoms with van der Waals surface area (Å²) in [6, 6.07) is 9.21. The molecule has 21 heavy (non-hydrogen) atoms. The highest BCUT2D eigenvalue weighted by Gasteiger charge is 2.10. The Hall–Kier alpha value is -2.73. The summed E-state index contributed by atoms with van der Waals surface area (Å²) in [6.45, 7) is 0.304. The van der Waals surface area contributed by atoms with Gasteiger partial charge in [-0.05, 0) is 19.2 Å². The average Bonchev–Trinajstić information content (AvgIpc) is 2.54. The van der Waals surface area contributed by atoms with Gasteiger partial charge in [-0.3, -0.25) is 4.79 Å². The predicted molar refractivity (Wildman–Crippen MR) is 78.1 cm³/mol. The molecule has 1 aromatic heterocycles. The van der Waals surface area contributed by atoms with E-state index in [0.29, 0.717) is 35.7 Å². The molecule has 0 atom stereocenters. The van der Waals surface area contributed by atoms with Crippen molar-refractivity contribution in [3.05, 3.63) is 54.2 Å². The van der Waals surface area contributed by atoms with Gasteiger partial charge in [0.2, 0.25) is 5.88 Å². The van der Waals surface area contributed by atoms with E-state index in [9.17, 15) is 9.90 Å². The number of nitrogens with one attached hydrogen (secondary N) is 1. The van der Waals surface area contributed by atoms with Gasteiger partial charge in [0.1, 0.15) is 5.75 Å². The zero-order valence-corrected chi connectivity index (χ0v) is 11.5. The summed E-state index contributed by atoms with van der Waals surface area (Å²) >= 11 is 0. The molecule has 2 aromatic rings. The summed E-state index contributed by atoms with van der Waals surface area (Å²) in [7, 11) is 1.71. The fourth-order valence-electron chi connectivity index (χ4n) is 1.69. The Labute approximate surface area is 122 Å². The fraction of sp³-hybridized carbons (Fsp3) is 0.133. The molecule has 1 heterocycles. The lowest BCUT2D eigenvalue weighted by atomic mass is 10.1. The van der Waals surface area contributed by atoms with E-state index in [-0.39, 0.29) is 5.76 Å². The Morgan fingerprint density at radius 3 is 2.62 bits per heavy atom. The lowest BCUT2D eigenvalue weighted by molar-refractivity contribution is -0.106. The van der Waals surface area contributed by atoms with Gasteiger partial charge in [-0.1, -0.05) is 18.2 Å². The molecule has 0 radical (unpaired) electrons. The van der Waals surface area contributed by atoms with Gasteiger partial charge in [-0.2, -0.15) is 0 Å². The summed E-state index contributed by atoms with van der Waals surface area (Å²) in [4.78, 5) is 19.0. The van der Waals surface area contributed by atoms with Crippen LogP contribution in [-0.4, -0.2) is 35.0 Å². The molecule has 2 rings (SSSR count). The molecule has 0 fully saturated rings. The van der Waals surface area contributed by atoms with Crippen LogP contribution >= 0.6 is 0 Å². The molecule has 0 saturated heterocycles. The highest BCUT2D eigenvalue weighted by atomic mass is 16.5. The number of aldehydes is 1. The van der Waals surface area contributed by atoms with E-state index in [1.165, 1.54) is 12.4 Å². The molecule has 2 N–H and O–H groups in total. The van der Waals surface area contributed by atoms with Crippen LogP contribution in [0.4, 0.5) is 0 Å². The molecule has 108 valence electrons. The van der Waals surface area contributed by atoms with E-state index < -0.39 is 0 Å². The van der Waals surface area contributed by atoms with E-state index >= 15 is 0 Å². The molecule has 0 amide bonds. The lowest BCUT2D eigenvalue weighted by Crippen LogP contribution is -2.13. The number of rotatable bonds is 6. The number of carbonyl (C=O) groups excluding carboxylic acids is 1. The molecule has 0 unspecified atom stereocenters. The maximum absolute atomic E-state index is 10.7. The normalized spacial score (nSPS) is 11.7. The van der Waals surface area contributed by atoms with Gasteiger partial charge < -0.3 is 15.2 Å². The first-order chi connectivity index (χ1) is 10.2. The molecule has 0 saturated carbocycles. The van der Waals surface area contributed by atoms with Gasteiger partial charge in [0.15, 0.2) is 12.0 Å². The van der Waals surface area contributed by atoms with Crippen molar-refractivity contribution in [1.82, 2.24) is 15.3 Å². The standard InChI is InChI=1S/C15H15N3O3/c1-16-7-12(14(20)10-19)13-8-18-15(9-17-13)21-11-5-3-2-4-6-11/h2-6,8-10,16,20H,7H2,1H3/b14-12-. The number of hydrogen-bond donors (Lipinski definition) is 2. The summed E-state index contributed by atoms with van der Waals surface area (Å²) in [6.07, 6.45) is 3.27. The zero-order valence-electron chi connectivity index (χ0n) is 11.5. The average molecular weight is 285 g/mol. The maximum Gasteiger partial charge on any atom is 0.237 e. The molecular formula is C15H15N3O3. The number of hydrogen-bond acceptors (Lipinski definition) is 6. The minimum Gasteiger partial charge on any atom is -0.504 e. The zero-order chi connectivity index (χ0) is 15.1. The van der Waals surface area contributed by atoms with Gasteiger partial charge in [-0.15, -0.1) is 0 Å². The van der Waals surface area contributed by atoms with E-state index in [1.807, 2.05) is 18.2 Å². The number of para-hydroxylation sites is 1. The van der Waals surface area contributed by atoms with Crippen molar-refractivity contribution in [2.75, 3.05) is 13.6 Å². The smallest absolute Gasteiger partial charge is 0.237 e. The molecule has 0 aliphatic carbocycles. The molecule has 0 aliphatic rings. The van der Waals surface area contributed by atoms with E-state index in [2.05, 4.69) is 15.3 Å². The van der Waals surface area contributed by atoms with Crippen LogP contribution in [0.1, 0.15) is 5.69 Å². The second kappa shape index (κ2) is 7.16. The Kier molecular flexibility index (Phi) is 5.00. The van der Waals surface area contributed by atoms with Gasteiger partial charge in [-0.25, -0.2) is 9.97 Å². The van der Waals surface area contributed by atoms with Crippen LogP contribution in [0, 0.1) is 0 Å². The van der Waals surface area contributed by atoms with Crippen LogP contribution in [0.2, 0.25) is 0 Å². The highest BCUT2D eigenvalue weighted by molar-refractivity contribution is 5.84. The summed E-state index contributed by atoms with van der Waals surface area (Å²) in [5.74, 6) is 0.621. The Morgan fingerprint density at radius 2 is 2.05 bits per heavy atom. The largest absolute Gasteiger partial charge is 0.504 e. The van der Waals surface area contributed by atoms with Gasteiger partial charge in [0.05, 0.1) is 18.1 Å². The van der Waals surface area contributed by atoms with Crippen molar-refractivity contribution < 1.29 is 14.6 Å². The minimum atomic E-state index is -0.365. The third-order valence-corrected chi connectivity index (χ3v) is 2.68. The number of nitrogens with zero attached hydrogens (tertiary/aromatic N) is 2. The topological polar surface area (TPSA) is 84.3 Å². The monoisotopic (exact) mass is 285 g/mol. The highest BCUT2D eigenvalue weighted by Crippen LogP contribution is 2.19. The molecule has 1 aromatic carbocycles. The second-order valence-corrected chi connectivity index (χ2v) is 4.17. The van der Waals surface area contributed by atoms with Gasteiger partial charge in [0.25, 0.3) is 0 Å². The Bertz CT molecular complexity index is 624. The van der Waals surface area contributed by atoms with Crippen molar-refractivity contribution in [2.24, 2.45) is 0 Å². The molecule has 0 spiro atoms. The minimum absolute atomic E-state index is 0.304. The quantitative estimate of drug-likeness (QED) is 0.479. The third-order valence-electron chi connectivity index (χ3n) is 2.68. The number of aliphatic hydroxyl groups excluding tert-OH is 1. The van der Waals surface area contributed by atoms with E-state index in [0.717, 1.165) is 0 Å². The molecule has 6 heteroatoms. The van der Waals surface area contributed by atoms with Crippen LogP contribution in [0.5, 0.6) is 11.6 Å². The van der Waals surface area contributed by atoms with Crippen LogP contribution in [0.3, 0.4) is 0 Å². The summed E-state index contributed by atoms with van der Waals surface area (Å²) < 4.78 is 5.52. The number of benzene rings is 1. The molecular weight excluding hydrogens is 270 g/mol. The van der Waals surface area contributed by atoms with E-state index in [1.54, 1.807) is 19.2 Å². The number of ether oxygens (including phenoxy) is 1. The first kappa shape index (κ1) is 14.7. The number of carbonyl (C=O) groups is 1. The number of allylic oxidation sites excluding steroid dienone is 1. The van der Waals surface area contributed by atoms with Crippen molar-refractivity contribution in [2.45, 2.75) is 0 Å². The number of likely N-dealkylation sites (N-methyl/N-ethyl adjacent to an activating group) is 1. The molecule has 0 bridgehead atoms. The molecule has 6 nitrogen and oxygen atoms in total. The Morgan fingerprint density at radius 1 is 1.29 bits per heavy atom. The van der Waals surface area contributed by atoms with Crippen LogP contribution in [-0.2, 0) is 4.79 Å². The van der Waals surface area contributed by atoms with Crippen LogP contribution in [0.25, 0.3) is 5.57 Å². The van der Waals surface area contributed by atoms with Crippen molar-refractivity contribution in [1.29, 1.82) is 0 Å². The maximum atomic E-state index is 10.7. The van der Waals surface area contributed by atoms with Crippen LogP contribution in [0.15, 0.2) is 48.5 Å². The summed E-state index contributed by atoms with van der Waals surface area (Å²) in [5.41, 5.74) is 0.792. The lowest BCUT2D eigenvalue weighted by Gasteiger charge is -2.08. The van der Waals surface area contributed by atoms with Gasteiger partial charge in [0, 0.05) is 12.1 Å².